The number of fused-ring (bicyclic) bond motifs is 2. The van der Waals surface area contributed by atoms with Crippen LogP contribution in [-0.4, -0.2) is 46.9 Å². The van der Waals surface area contributed by atoms with E-state index in [9.17, 15) is 26.3 Å². The molecule has 11 nitrogen and oxygen atoms in total. The van der Waals surface area contributed by atoms with E-state index >= 15 is 0 Å². The SMILES string of the molecule is CC#N.O=S(=O)([O-])C(F)(F)F.O=S(=O)([O-])C(F)(F)F.[Mn+2].c1ccc(-c2cc3ccccc3c(-c3c(NCc4ccccn4)c(-c4ccccc4)cc4ccccc34)c2NCc2ccccn2)cc1. The van der Waals surface area contributed by atoms with Crippen LogP contribution in [-0.2, 0) is 50.4 Å². The van der Waals surface area contributed by atoms with Crippen molar-refractivity contribution in [2.45, 2.75) is 31.0 Å². The molecular weight excluding hydrogens is 976 g/mol. The summed E-state index contributed by atoms with van der Waals surface area (Å²) in [4.78, 5) is 9.33. The summed E-state index contributed by atoms with van der Waals surface area (Å²) in [5.41, 5.74) is -0.294. The Morgan fingerprint density at radius 1 is 0.529 bits per heavy atom. The number of hydrogen-bond donors (Lipinski definition) is 2. The summed E-state index contributed by atoms with van der Waals surface area (Å²) in [6.07, 6.45) is 3.71. The van der Waals surface area contributed by atoms with E-state index in [1.54, 1.807) is 6.07 Å². The molecule has 0 saturated heterocycles. The van der Waals surface area contributed by atoms with Gasteiger partial charge in [0.15, 0.2) is 20.2 Å². The summed E-state index contributed by atoms with van der Waals surface area (Å²) in [5.74, 6) is 0. The normalized spacial score (nSPS) is 11.2. The van der Waals surface area contributed by atoms with Crippen molar-refractivity contribution in [1.29, 1.82) is 5.26 Å². The molecule has 2 aromatic heterocycles. The predicted molar refractivity (Wildman–Crippen MR) is 244 cm³/mol. The van der Waals surface area contributed by atoms with E-state index in [4.69, 9.17) is 31.2 Å². The van der Waals surface area contributed by atoms with Crippen LogP contribution in [0.4, 0.5) is 37.7 Å². The van der Waals surface area contributed by atoms with Crippen molar-refractivity contribution in [1.82, 2.24) is 9.97 Å². The minimum absolute atomic E-state index is 0. The van der Waals surface area contributed by atoms with Gasteiger partial charge in [0.05, 0.1) is 41.9 Å². The molecule has 6 aromatic carbocycles. The van der Waals surface area contributed by atoms with Gasteiger partial charge in [0.2, 0.25) is 0 Å². The van der Waals surface area contributed by atoms with Gasteiger partial charge in [-0.05, 0) is 69.1 Å². The third-order valence-corrected chi connectivity index (χ3v) is 10.6. The molecule has 0 aliphatic rings. The molecule has 0 aliphatic heterocycles. The van der Waals surface area contributed by atoms with Crippen molar-refractivity contribution in [3.63, 3.8) is 0 Å². The zero-order chi connectivity index (χ0) is 48.8. The largest absolute Gasteiger partial charge is 2.00 e. The molecule has 0 atom stereocenters. The molecule has 0 bridgehead atoms. The van der Waals surface area contributed by atoms with E-state index < -0.39 is 31.3 Å². The molecule has 2 heterocycles. The van der Waals surface area contributed by atoms with E-state index in [1.165, 1.54) is 28.5 Å². The molecular formula is C48H37F6MnN5O6S2. The number of benzene rings is 6. The summed E-state index contributed by atoms with van der Waals surface area (Å²) in [6, 6.07) is 57.4. The number of pyridine rings is 2. The average molecular weight is 1010 g/mol. The van der Waals surface area contributed by atoms with E-state index in [1.807, 2.05) is 36.7 Å². The minimum atomic E-state index is -6.09. The van der Waals surface area contributed by atoms with Crippen molar-refractivity contribution < 1.29 is 69.4 Å². The molecule has 0 unspecified atom stereocenters. The molecule has 8 aromatic rings. The summed E-state index contributed by atoms with van der Waals surface area (Å²) in [5, 5.41) is 19.9. The average Bonchev–Trinajstić information content (AvgIpc) is 3.30. The molecule has 20 heteroatoms. The predicted octanol–water partition coefficient (Wildman–Crippen LogP) is 11.6. The van der Waals surface area contributed by atoms with Crippen LogP contribution in [0.5, 0.6) is 0 Å². The number of nitrogens with one attached hydrogen (secondary N) is 2. The maximum atomic E-state index is 10.7. The van der Waals surface area contributed by atoms with Gasteiger partial charge in [-0.3, -0.25) is 9.97 Å². The van der Waals surface area contributed by atoms with Crippen LogP contribution in [0.3, 0.4) is 0 Å². The van der Waals surface area contributed by atoms with Crippen molar-refractivity contribution in [2.24, 2.45) is 0 Å². The Morgan fingerprint density at radius 2 is 0.824 bits per heavy atom. The number of anilines is 2. The van der Waals surface area contributed by atoms with Crippen molar-refractivity contribution in [3.8, 4) is 39.4 Å². The topological polar surface area (TPSA) is 188 Å². The van der Waals surface area contributed by atoms with Gasteiger partial charge >= 0.3 is 28.1 Å². The number of nitriles is 1. The number of hydrogen-bond acceptors (Lipinski definition) is 11. The van der Waals surface area contributed by atoms with Crippen LogP contribution in [0.25, 0.3) is 54.9 Å². The van der Waals surface area contributed by atoms with Crippen LogP contribution in [0.2, 0.25) is 0 Å². The Kier molecular flexibility index (Phi) is 18.8. The van der Waals surface area contributed by atoms with Gasteiger partial charge in [-0.1, -0.05) is 121 Å². The number of aromatic nitrogens is 2. The second kappa shape index (κ2) is 23.7. The van der Waals surface area contributed by atoms with Gasteiger partial charge in [0.25, 0.3) is 0 Å². The van der Waals surface area contributed by atoms with Crippen molar-refractivity contribution in [3.05, 3.63) is 182 Å². The molecule has 68 heavy (non-hydrogen) atoms. The van der Waals surface area contributed by atoms with E-state index in [0.717, 1.165) is 56.1 Å². The van der Waals surface area contributed by atoms with Gasteiger partial charge in [0.1, 0.15) is 0 Å². The molecule has 0 aliphatic carbocycles. The fourth-order valence-electron chi connectivity index (χ4n) is 6.64. The number of alkyl halides is 6. The quantitative estimate of drug-likeness (QED) is 0.0606. The van der Waals surface area contributed by atoms with Crippen LogP contribution >= 0.6 is 0 Å². The molecule has 0 amide bonds. The molecule has 0 fully saturated rings. The zero-order valence-corrected chi connectivity index (χ0v) is 38.1. The first-order chi connectivity index (χ1) is 31.7. The van der Waals surface area contributed by atoms with Crippen molar-refractivity contribution in [2.75, 3.05) is 10.6 Å². The summed E-state index contributed by atoms with van der Waals surface area (Å²) < 4.78 is 118. The Hall–Kier alpha value is -6.85. The van der Waals surface area contributed by atoms with Gasteiger partial charge in [-0.15, -0.1) is 0 Å². The van der Waals surface area contributed by atoms with Crippen LogP contribution < -0.4 is 10.6 Å². The van der Waals surface area contributed by atoms with Crippen LogP contribution in [0.1, 0.15) is 18.3 Å². The van der Waals surface area contributed by atoms with E-state index in [0.29, 0.717) is 13.1 Å². The second-order valence-electron chi connectivity index (χ2n) is 13.9. The molecule has 1 radical (unpaired) electrons. The molecule has 0 saturated carbocycles. The maximum Gasteiger partial charge on any atom is 2.00 e. The smallest absolute Gasteiger partial charge is 0.741 e. The van der Waals surface area contributed by atoms with E-state index in [-0.39, 0.29) is 17.1 Å². The number of nitrogens with zero attached hydrogens (tertiary/aromatic N) is 3. The summed E-state index contributed by atoms with van der Waals surface area (Å²) in [7, 11) is -12.2. The van der Waals surface area contributed by atoms with Crippen molar-refractivity contribution >= 4 is 53.2 Å². The Balaban J connectivity index is 0.000000428. The van der Waals surface area contributed by atoms with Gasteiger partial charge < -0.3 is 19.7 Å². The first kappa shape index (κ1) is 53.8. The van der Waals surface area contributed by atoms with Gasteiger partial charge in [0, 0.05) is 41.6 Å². The summed E-state index contributed by atoms with van der Waals surface area (Å²) in [6.45, 7) is 2.60. The monoisotopic (exact) mass is 1010 g/mol. The fraction of sp³-hybridized carbons (Fsp3) is 0.104. The summed E-state index contributed by atoms with van der Waals surface area (Å²) >= 11 is 0. The van der Waals surface area contributed by atoms with Gasteiger partial charge in [-0.2, -0.15) is 31.6 Å². The maximum absolute atomic E-state index is 10.7. The third kappa shape index (κ3) is 14.1. The number of halogens is 6. The first-order valence-electron chi connectivity index (χ1n) is 19.6. The standard InChI is InChI=1S/C44H34N4.C2H3N.2CHF3O3S.Mn/c1-3-15-31(16-4-1)39-27-33-19-7-9-23-37(33)41(43(39)47-29-35-21-11-13-25-45-35)42-38-24-10-8-20-34(38)28-40(32-17-5-2-6-18-32)44(42)48-30-36-22-12-14-26-46-36;1-2-3;2*2-1(3,4)8(5,6)7;/h1-28,47-48H,29-30H2;1H3;2*(H,5,6,7);/q;;;;+2/p-2. The minimum Gasteiger partial charge on any atom is -0.741 e. The first-order valence-corrected chi connectivity index (χ1v) is 22.4. The van der Waals surface area contributed by atoms with Gasteiger partial charge in [-0.25, -0.2) is 16.8 Å². The molecule has 8 rings (SSSR count). The zero-order valence-electron chi connectivity index (χ0n) is 35.3. The molecule has 2 N–H and O–H groups in total. The molecule has 351 valence electrons. The second-order valence-corrected chi connectivity index (χ2v) is 16.6. The van der Waals surface area contributed by atoms with Crippen LogP contribution in [0.15, 0.2) is 170 Å². The Bertz CT molecular complexity index is 2980. The van der Waals surface area contributed by atoms with Crippen LogP contribution in [0, 0.1) is 11.3 Å². The Morgan fingerprint density at radius 3 is 1.12 bits per heavy atom. The molecule has 0 spiro atoms. The fourth-order valence-corrected chi connectivity index (χ4v) is 6.64. The van der Waals surface area contributed by atoms with E-state index in [2.05, 4.69) is 154 Å². The Labute approximate surface area is 398 Å². The third-order valence-electron chi connectivity index (χ3n) is 9.43. The number of rotatable bonds is 9.